The monoisotopic (exact) mass is 354 g/mol. The first-order valence-electron chi connectivity index (χ1n) is 4.31. The second kappa shape index (κ2) is 5.87. The zero-order valence-corrected chi connectivity index (χ0v) is 11.9. The van der Waals surface area contributed by atoms with E-state index in [4.69, 9.17) is 16.3 Å². The lowest BCUT2D eigenvalue weighted by Gasteiger charge is -2.09. The first-order valence-corrected chi connectivity index (χ1v) is 6.60. The van der Waals surface area contributed by atoms with Crippen LogP contribution in [0.5, 0.6) is 0 Å². The molecule has 0 unspecified atom stereocenters. The van der Waals surface area contributed by atoms with Gasteiger partial charge in [0.1, 0.15) is 0 Å². The van der Waals surface area contributed by atoms with E-state index >= 15 is 0 Å². The maximum absolute atomic E-state index is 11.6. The number of esters is 1. The molecule has 1 aromatic rings. The molecule has 15 heavy (non-hydrogen) atoms. The molecule has 0 heterocycles. The van der Waals surface area contributed by atoms with Gasteiger partial charge in [0.05, 0.1) is 12.2 Å². The van der Waals surface area contributed by atoms with Crippen molar-refractivity contribution in [1.29, 1.82) is 0 Å². The van der Waals surface area contributed by atoms with Crippen LogP contribution in [0.25, 0.3) is 0 Å². The highest BCUT2D eigenvalue weighted by atomic mass is 79.9. The average molecular weight is 356 g/mol. The number of benzene rings is 1. The summed E-state index contributed by atoms with van der Waals surface area (Å²) in [7, 11) is 0. The smallest absolute Gasteiger partial charge is 0.338 e. The van der Waals surface area contributed by atoms with Crippen LogP contribution in [0.1, 0.15) is 22.8 Å². The van der Waals surface area contributed by atoms with Crippen molar-refractivity contribution in [3.05, 3.63) is 32.8 Å². The fraction of sp³-hybridized carbons (Fsp3) is 0.300. The first kappa shape index (κ1) is 13.0. The molecule has 0 aliphatic heterocycles. The predicted octanol–water partition coefficient (Wildman–Crippen LogP) is 4.17. The minimum atomic E-state index is -0.352. The minimum absolute atomic E-state index is 0.352. The van der Waals surface area contributed by atoms with E-state index in [1.165, 1.54) is 0 Å². The van der Waals surface area contributed by atoms with Gasteiger partial charge in [-0.2, -0.15) is 0 Å². The third kappa shape index (κ3) is 3.20. The lowest BCUT2D eigenvalue weighted by molar-refractivity contribution is 0.0525. The molecule has 0 radical (unpaired) electrons. The molecule has 1 aromatic carbocycles. The van der Waals surface area contributed by atoms with Crippen molar-refractivity contribution in [2.45, 2.75) is 12.3 Å². The Morgan fingerprint density at radius 1 is 1.53 bits per heavy atom. The zero-order valence-electron chi connectivity index (χ0n) is 8.02. The molecule has 1 rings (SSSR count). The molecule has 2 nitrogen and oxygen atoms in total. The molecule has 0 amide bonds. The Morgan fingerprint density at radius 3 is 2.73 bits per heavy atom. The number of carbonyl (C=O) groups is 1. The number of alkyl halides is 1. The van der Waals surface area contributed by atoms with Crippen molar-refractivity contribution in [3.8, 4) is 0 Å². The summed E-state index contributed by atoms with van der Waals surface area (Å²) in [6.07, 6.45) is 0. The standard InChI is InChI=1S/C10H9Br2ClO2/c1-2-15-10(14)7-3-6(13)4-9(12)8(7)5-11/h3-4H,2,5H2,1H3. The Hall–Kier alpha value is -0.0600. The molecule has 0 spiro atoms. The molecule has 0 fully saturated rings. The summed E-state index contributed by atoms with van der Waals surface area (Å²) in [5, 5.41) is 1.08. The summed E-state index contributed by atoms with van der Waals surface area (Å²) in [4.78, 5) is 11.6. The van der Waals surface area contributed by atoms with Gasteiger partial charge in [0.25, 0.3) is 0 Å². The SMILES string of the molecule is CCOC(=O)c1cc(Cl)cc(Br)c1CBr. The van der Waals surface area contributed by atoms with E-state index in [0.29, 0.717) is 22.5 Å². The molecule has 0 bridgehead atoms. The molecule has 0 saturated heterocycles. The van der Waals surface area contributed by atoms with Gasteiger partial charge in [-0.05, 0) is 24.6 Å². The molecular weight excluding hydrogens is 347 g/mol. The molecular formula is C10H9Br2ClO2. The lowest BCUT2D eigenvalue weighted by Crippen LogP contribution is -2.08. The average Bonchev–Trinajstić information content (AvgIpc) is 2.17. The van der Waals surface area contributed by atoms with Gasteiger partial charge in [-0.25, -0.2) is 4.79 Å². The molecule has 0 aliphatic carbocycles. The van der Waals surface area contributed by atoms with E-state index in [2.05, 4.69) is 31.9 Å². The van der Waals surface area contributed by atoms with Crippen LogP contribution in [-0.4, -0.2) is 12.6 Å². The van der Waals surface area contributed by atoms with E-state index in [-0.39, 0.29) is 5.97 Å². The van der Waals surface area contributed by atoms with Gasteiger partial charge in [-0.3, -0.25) is 0 Å². The maximum atomic E-state index is 11.6. The topological polar surface area (TPSA) is 26.3 Å². The summed E-state index contributed by atoms with van der Waals surface area (Å²) in [6.45, 7) is 2.12. The second-order valence-electron chi connectivity index (χ2n) is 2.77. The van der Waals surface area contributed by atoms with Gasteiger partial charge in [0.2, 0.25) is 0 Å². The van der Waals surface area contributed by atoms with E-state index < -0.39 is 0 Å². The van der Waals surface area contributed by atoms with Gasteiger partial charge >= 0.3 is 5.97 Å². The summed E-state index contributed by atoms with van der Waals surface area (Å²) in [5.74, 6) is -0.352. The first-order chi connectivity index (χ1) is 7.10. The summed E-state index contributed by atoms with van der Waals surface area (Å²) >= 11 is 12.5. The Morgan fingerprint density at radius 2 is 2.20 bits per heavy atom. The number of ether oxygens (including phenoxy) is 1. The number of hydrogen-bond donors (Lipinski definition) is 0. The number of carbonyl (C=O) groups excluding carboxylic acids is 1. The molecule has 5 heteroatoms. The van der Waals surface area contributed by atoms with E-state index in [1.807, 2.05) is 0 Å². The normalized spacial score (nSPS) is 10.1. The minimum Gasteiger partial charge on any atom is -0.462 e. The van der Waals surface area contributed by atoms with Crippen LogP contribution >= 0.6 is 43.5 Å². The van der Waals surface area contributed by atoms with Crippen molar-refractivity contribution in [3.63, 3.8) is 0 Å². The van der Waals surface area contributed by atoms with E-state index in [9.17, 15) is 4.79 Å². The van der Waals surface area contributed by atoms with Crippen LogP contribution in [-0.2, 0) is 10.1 Å². The second-order valence-corrected chi connectivity index (χ2v) is 4.62. The van der Waals surface area contributed by atoms with Crippen LogP contribution in [0.3, 0.4) is 0 Å². The van der Waals surface area contributed by atoms with Gasteiger partial charge in [-0.1, -0.05) is 43.5 Å². The number of halogens is 3. The van der Waals surface area contributed by atoms with Crippen molar-refractivity contribution >= 4 is 49.4 Å². The molecule has 0 atom stereocenters. The maximum Gasteiger partial charge on any atom is 0.338 e. The van der Waals surface area contributed by atoms with Gasteiger partial charge < -0.3 is 4.74 Å². The Bertz CT molecular complexity index is 380. The number of rotatable bonds is 3. The fourth-order valence-electron chi connectivity index (χ4n) is 1.13. The highest BCUT2D eigenvalue weighted by Gasteiger charge is 2.15. The van der Waals surface area contributed by atoms with Crippen LogP contribution < -0.4 is 0 Å². The third-order valence-electron chi connectivity index (χ3n) is 1.79. The van der Waals surface area contributed by atoms with Crippen molar-refractivity contribution in [2.24, 2.45) is 0 Å². The molecule has 82 valence electrons. The molecule has 0 N–H and O–H groups in total. The zero-order chi connectivity index (χ0) is 11.4. The number of hydrogen-bond acceptors (Lipinski definition) is 2. The summed E-state index contributed by atoms with van der Waals surface area (Å²) in [6, 6.07) is 3.36. The van der Waals surface area contributed by atoms with Crippen LogP contribution in [0.2, 0.25) is 5.02 Å². The molecule has 0 aromatic heterocycles. The summed E-state index contributed by atoms with van der Waals surface area (Å²) in [5.41, 5.74) is 1.34. The Labute approximate surface area is 110 Å². The van der Waals surface area contributed by atoms with Crippen molar-refractivity contribution in [2.75, 3.05) is 6.61 Å². The van der Waals surface area contributed by atoms with Crippen LogP contribution in [0.4, 0.5) is 0 Å². The van der Waals surface area contributed by atoms with Crippen molar-refractivity contribution < 1.29 is 9.53 Å². The highest BCUT2D eigenvalue weighted by molar-refractivity contribution is 9.10. The Balaban J connectivity index is 3.20. The van der Waals surface area contributed by atoms with Gasteiger partial charge in [0, 0.05) is 14.8 Å². The van der Waals surface area contributed by atoms with Gasteiger partial charge in [0.15, 0.2) is 0 Å². The largest absolute Gasteiger partial charge is 0.462 e. The molecule has 0 aliphatic rings. The fourth-order valence-corrected chi connectivity index (χ4v) is 3.06. The Kier molecular flexibility index (Phi) is 5.09. The summed E-state index contributed by atoms with van der Waals surface area (Å²) < 4.78 is 5.74. The predicted molar refractivity (Wildman–Crippen MR) is 67.7 cm³/mol. The highest BCUT2D eigenvalue weighted by Crippen LogP contribution is 2.28. The van der Waals surface area contributed by atoms with Crippen molar-refractivity contribution in [1.82, 2.24) is 0 Å². The quantitative estimate of drug-likeness (QED) is 0.600. The lowest BCUT2D eigenvalue weighted by atomic mass is 10.1. The van der Waals surface area contributed by atoms with E-state index in [1.54, 1.807) is 19.1 Å². The third-order valence-corrected chi connectivity index (χ3v) is 3.28. The molecule has 0 saturated carbocycles. The van der Waals surface area contributed by atoms with Gasteiger partial charge in [-0.15, -0.1) is 0 Å². The van der Waals surface area contributed by atoms with Crippen LogP contribution in [0.15, 0.2) is 16.6 Å². The van der Waals surface area contributed by atoms with E-state index in [0.717, 1.165) is 10.0 Å². The van der Waals surface area contributed by atoms with Crippen LogP contribution in [0, 0.1) is 0 Å².